The fourth-order valence-electron chi connectivity index (χ4n) is 9.11. The Morgan fingerprint density at radius 3 is 1.69 bits per heavy atom. The van der Waals surface area contributed by atoms with E-state index in [-0.39, 0.29) is 0 Å². The summed E-state index contributed by atoms with van der Waals surface area (Å²) >= 11 is 3.78. The minimum absolute atomic E-state index is 1.11. The molecule has 276 valence electrons. The molecule has 0 saturated carbocycles. The van der Waals surface area contributed by atoms with Crippen LogP contribution in [0.2, 0.25) is 0 Å². The number of thiophene rings is 2. The van der Waals surface area contributed by atoms with Crippen molar-refractivity contribution in [2.24, 2.45) is 0 Å². The number of para-hydroxylation sites is 1. The Balaban J connectivity index is 1.05. The number of rotatable bonds is 6. The van der Waals surface area contributed by atoms with Crippen LogP contribution in [-0.2, 0) is 0 Å². The first kappa shape index (κ1) is 34.0. The van der Waals surface area contributed by atoms with E-state index in [1.807, 2.05) is 22.7 Å². The Hall–Kier alpha value is -7.04. The Kier molecular flexibility index (Phi) is 7.97. The maximum absolute atomic E-state index is 2.46. The summed E-state index contributed by atoms with van der Waals surface area (Å²) in [7, 11) is 0. The van der Waals surface area contributed by atoms with Gasteiger partial charge in [0.2, 0.25) is 0 Å². The molecule has 0 saturated heterocycles. The maximum atomic E-state index is 2.46. The first-order valence-corrected chi connectivity index (χ1v) is 21.7. The number of fused-ring (bicyclic) bond motifs is 8. The van der Waals surface area contributed by atoms with Gasteiger partial charge in [0, 0.05) is 62.5 Å². The van der Waals surface area contributed by atoms with Crippen LogP contribution in [-0.4, -0.2) is 0 Å². The molecular weight excluding hydrogens is 751 g/mol. The summed E-state index contributed by atoms with van der Waals surface area (Å²) in [5.74, 6) is 0. The van der Waals surface area contributed by atoms with Crippen molar-refractivity contribution in [3.05, 3.63) is 212 Å². The molecule has 59 heavy (non-hydrogen) atoms. The molecule has 0 unspecified atom stereocenters. The fraction of sp³-hybridized carbons (Fsp3) is 0. The highest BCUT2D eigenvalue weighted by Gasteiger charge is 2.22. The number of anilines is 3. The van der Waals surface area contributed by atoms with Crippen LogP contribution in [0.25, 0.3) is 95.3 Å². The van der Waals surface area contributed by atoms with Gasteiger partial charge in [-0.05, 0) is 80.9 Å². The first-order chi connectivity index (χ1) is 29.3. The molecule has 0 aliphatic rings. The van der Waals surface area contributed by atoms with Crippen molar-refractivity contribution in [3.63, 3.8) is 0 Å². The third-order valence-electron chi connectivity index (χ3n) is 11.9. The zero-order chi connectivity index (χ0) is 38.9. The standard InChI is InChI=1S/C56H35NS2/c1-2-14-36(15-3-1)41-18-8-10-26-51(41)57(40-30-28-37(29-31-40)42-22-12-24-48-46-21-9-11-27-53(46)58-55(42)48)52-33-32-44(43-19-6-7-20-45(43)52)47-23-13-25-49-50-34-38-16-4-5-17-39(38)35-54(50)59-56(47)49/h1-35H. The Morgan fingerprint density at radius 2 is 0.864 bits per heavy atom. The number of hydrogen-bond acceptors (Lipinski definition) is 3. The van der Waals surface area contributed by atoms with Gasteiger partial charge in [-0.25, -0.2) is 0 Å². The van der Waals surface area contributed by atoms with Crippen LogP contribution in [0.1, 0.15) is 0 Å². The van der Waals surface area contributed by atoms with Gasteiger partial charge in [-0.2, -0.15) is 0 Å². The average Bonchev–Trinajstić information content (AvgIpc) is 3.87. The largest absolute Gasteiger partial charge is 0.309 e. The molecule has 0 bridgehead atoms. The van der Waals surface area contributed by atoms with Crippen molar-refractivity contribution in [2.75, 3.05) is 4.90 Å². The van der Waals surface area contributed by atoms with Gasteiger partial charge in [0.1, 0.15) is 0 Å². The summed E-state index contributed by atoms with van der Waals surface area (Å²) < 4.78 is 5.30. The van der Waals surface area contributed by atoms with E-state index < -0.39 is 0 Å². The molecule has 12 aromatic rings. The highest BCUT2D eigenvalue weighted by Crippen LogP contribution is 2.48. The van der Waals surface area contributed by atoms with E-state index in [0.717, 1.165) is 17.1 Å². The third kappa shape index (κ3) is 5.58. The molecule has 0 aliphatic carbocycles. The molecule has 0 spiro atoms. The van der Waals surface area contributed by atoms with E-state index in [0.29, 0.717) is 0 Å². The Labute approximate surface area is 350 Å². The van der Waals surface area contributed by atoms with E-state index in [4.69, 9.17) is 0 Å². The number of hydrogen-bond donors (Lipinski definition) is 0. The molecule has 0 N–H and O–H groups in total. The summed E-state index contributed by atoms with van der Waals surface area (Å²) in [6, 6.07) is 78.1. The lowest BCUT2D eigenvalue weighted by Gasteiger charge is -2.29. The van der Waals surface area contributed by atoms with Gasteiger partial charge in [0.05, 0.1) is 11.4 Å². The van der Waals surface area contributed by atoms with Crippen molar-refractivity contribution in [1.82, 2.24) is 0 Å². The first-order valence-electron chi connectivity index (χ1n) is 20.1. The Morgan fingerprint density at radius 1 is 0.288 bits per heavy atom. The third-order valence-corrected chi connectivity index (χ3v) is 14.3. The predicted molar refractivity (Wildman–Crippen MR) is 258 cm³/mol. The smallest absolute Gasteiger partial charge is 0.0540 e. The average molecular weight is 786 g/mol. The molecule has 12 rings (SSSR count). The van der Waals surface area contributed by atoms with Gasteiger partial charge in [-0.15, -0.1) is 22.7 Å². The van der Waals surface area contributed by atoms with E-state index in [9.17, 15) is 0 Å². The molecule has 1 nitrogen and oxygen atoms in total. The second kappa shape index (κ2) is 13.8. The van der Waals surface area contributed by atoms with Gasteiger partial charge >= 0.3 is 0 Å². The summed E-state index contributed by atoms with van der Waals surface area (Å²) in [6.07, 6.45) is 0. The lowest BCUT2D eigenvalue weighted by atomic mass is 9.94. The second-order valence-corrected chi connectivity index (χ2v) is 17.3. The molecule has 0 atom stereocenters. The maximum Gasteiger partial charge on any atom is 0.0540 e. The van der Waals surface area contributed by atoms with Gasteiger partial charge in [-0.3, -0.25) is 0 Å². The topological polar surface area (TPSA) is 3.24 Å². The molecular formula is C56H35NS2. The van der Waals surface area contributed by atoms with Crippen molar-refractivity contribution in [2.45, 2.75) is 0 Å². The lowest BCUT2D eigenvalue weighted by molar-refractivity contribution is 1.30. The van der Waals surface area contributed by atoms with Crippen LogP contribution in [0.5, 0.6) is 0 Å². The van der Waals surface area contributed by atoms with Crippen LogP contribution in [0.3, 0.4) is 0 Å². The molecule has 2 aromatic heterocycles. The quantitative estimate of drug-likeness (QED) is 0.162. The molecule has 2 heterocycles. The number of nitrogens with zero attached hydrogens (tertiary/aromatic N) is 1. The minimum atomic E-state index is 1.11. The van der Waals surface area contributed by atoms with E-state index >= 15 is 0 Å². The molecule has 0 amide bonds. The van der Waals surface area contributed by atoms with E-state index in [1.54, 1.807) is 0 Å². The second-order valence-electron chi connectivity index (χ2n) is 15.2. The fourth-order valence-corrected chi connectivity index (χ4v) is 11.6. The van der Waals surface area contributed by atoms with Crippen LogP contribution in [0.4, 0.5) is 17.1 Å². The summed E-state index contributed by atoms with van der Waals surface area (Å²) in [5.41, 5.74) is 10.7. The van der Waals surface area contributed by atoms with E-state index in [2.05, 4.69) is 217 Å². The molecule has 0 aliphatic heterocycles. The molecule has 10 aromatic carbocycles. The van der Waals surface area contributed by atoms with Crippen molar-refractivity contribution < 1.29 is 0 Å². The highest BCUT2D eigenvalue weighted by molar-refractivity contribution is 7.26. The van der Waals surface area contributed by atoms with Crippen LogP contribution >= 0.6 is 22.7 Å². The van der Waals surface area contributed by atoms with Crippen LogP contribution < -0.4 is 4.90 Å². The molecule has 0 fully saturated rings. The zero-order valence-electron chi connectivity index (χ0n) is 32.0. The molecule has 0 radical (unpaired) electrons. The Bertz CT molecular complexity index is 3560. The van der Waals surface area contributed by atoms with Crippen LogP contribution in [0, 0.1) is 0 Å². The SMILES string of the molecule is c1ccc(-c2ccccc2N(c2ccc(-c3cccc4c3sc3ccccc34)cc2)c2ccc(-c3cccc4c3sc3cc5ccccc5cc34)c3ccccc23)cc1. The highest BCUT2D eigenvalue weighted by atomic mass is 32.1. The van der Waals surface area contributed by atoms with Crippen molar-refractivity contribution in [1.29, 1.82) is 0 Å². The van der Waals surface area contributed by atoms with Gasteiger partial charge < -0.3 is 4.90 Å². The van der Waals surface area contributed by atoms with Crippen LogP contribution in [0.15, 0.2) is 212 Å². The number of benzene rings is 10. The minimum Gasteiger partial charge on any atom is -0.309 e. The monoisotopic (exact) mass is 785 g/mol. The summed E-state index contributed by atoms with van der Waals surface area (Å²) in [5, 5.41) is 10.3. The van der Waals surface area contributed by atoms with Crippen molar-refractivity contribution in [3.8, 4) is 33.4 Å². The normalized spacial score (nSPS) is 11.7. The summed E-state index contributed by atoms with van der Waals surface area (Å²) in [6.45, 7) is 0. The summed E-state index contributed by atoms with van der Waals surface area (Å²) in [4.78, 5) is 2.46. The predicted octanol–water partition coefficient (Wildman–Crippen LogP) is 17.2. The van der Waals surface area contributed by atoms with Gasteiger partial charge in [0.25, 0.3) is 0 Å². The van der Waals surface area contributed by atoms with Gasteiger partial charge in [-0.1, -0.05) is 170 Å². The zero-order valence-corrected chi connectivity index (χ0v) is 33.6. The molecule has 3 heteroatoms. The van der Waals surface area contributed by atoms with E-state index in [1.165, 1.54) is 95.3 Å². The lowest BCUT2D eigenvalue weighted by Crippen LogP contribution is -2.12. The van der Waals surface area contributed by atoms with Gasteiger partial charge in [0.15, 0.2) is 0 Å². The van der Waals surface area contributed by atoms with Crippen molar-refractivity contribution >= 4 is 102 Å².